The minimum atomic E-state index is -0.650. The summed E-state index contributed by atoms with van der Waals surface area (Å²) in [6.45, 7) is 0. The van der Waals surface area contributed by atoms with E-state index in [0.29, 0.717) is 5.56 Å². The SMILES string of the molecule is N=C(N)NC(=N)SCc1ccc(F)cc1F. The van der Waals surface area contributed by atoms with E-state index in [-0.39, 0.29) is 16.9 Å². The van der Waals surface area contributed by atoms with Crippen LogP contribution >= 0.6 is 11.8 Å². The minimum absolute atomic E-state index is 0.0591. The molecule has 1 rings (SSSR count). The topological polar surface area (TPSA) is 85.8 Å². The van der Waals surface area contributed by atoms with Crippen LogP contribution in [-0.4, -0.2) is 11.1 Å². The van der Waals surface area contributed by atoms with Gasteiger partial charge in [-0.3, -0.25) is 10.8 Å². The summed E-state index contributed by atoms with van der Waals surface area (Å²) in [4.78, 5) is 0. The van der Waals surface area contributed by atoms with Crippen molar-refractivity contribution in [1.82, 2.24) is 5.32 Å². The number of benzene rings is 1. The maximum Gasteiger partial charge on any atom is 0.191 e. The van der Waals surface area contributed by atoms with Gasteiger partial charge in [0.1, 0.15) is 11.6 Å². The maximum absolute atomic E-state index is 13.2. The van der Waals surface area contributed by atoms with Crippen molar-refractivity contribution in [3.05, 3.63) is 35.4 Å². The standard InChI is InChI=1S/C9H10F2N4S/c10-6-2-1-5(7(11)3-6)4-16-9(14)15-8(12)13/h1-3H,4H2,(H5,12,13,14,15). The van der Waals surface area contributed by atoms with Crippen LogP contribution < -0.4 is 11.1 Å². The molecule has 0 spiro atoms. The number of rotatable bonds is 2. The van der Waals surface area contributed by atoms with Crippen molar-refractivity contribution >= 4 is 22.9 Å². The molecular weight excluding hydrogens is 234 g/mol. The Morgan fingerprint density at radius 3 is 2.62 bits per heavy atom. The molecule has 1 aromatic carbocycles. The average molecular weight is 244 g/mol. The fourth-order valence-electron chi connectivity index (χ4n) is 0.947. The molecule has 7 heteroatoms. The first-order valence-corrected chi connectivity index (χ1v) is 5.24. The molecule has 0 aliphatic heterocycles. The molecule has 0 saturated carbocycles. The molecule has 16 heavy (non-hydrogen) atoms. The second-order valence-corrected chi connectivity index (χ2v) is 3.88. The van der Waals surface area contributed by atoms with Gasteiger partial charge in [0.05, 0.1) is 0 Å². The lowest BCUT2D eigenvalue weighted by Crippen LogP contribution is -2.33. The second-order valence-electron chi connectivity index (χ2n) is 2.89. The van der Waals surface area contributed by atoms with Gasteiger partial charge in [0.15, 0.2) is 11.1 Å². The number of hydrogen-bond donors (Lipinski definition) is 4. The molecule has 5 N–H and O–H groups in total. The predicted octanol–water partition coefficient (Wildman–Crippen LogP) is 1.62. The smallest absolute Gasteiger partial charge is 0.191 e. The Hall–Kier alpha value is -1.63. The Balaban J connectivity index is 2.54. The van der Waals surface area contributed by atoms with E-state index < -0.39 is 11.6 Å². The first-order chi connectivity index (χ1) is 7.49. The van der Waals surface area contributed by atoms with Gasteiger partial charge in [-0.1, -0.05) is 17.8 Å². The van der Waals surface area contributed by atoms with Crippen molar-refractivity contribution in [1.29, 1.82) is 10.8 Å². The lowest BCUT2D eigenvalue weighted by molar-refractivity contribution is 0.577. The summed E-state index contributed by atoms with van der Waals surface area (Å²) in [5.41, 5.74) is 5.30. The zero-order valence-corrected chi connectivity index (χ0v) is 9.00. The highest BCUT2D eigenvalue weighted by molar-refractivity contribution is 8.13. The number of nitrogens with one attached hydrogen (secondary N) is 3. The van der Waals surface area contributed by atoms with Gasteiger partial charge in [0, 0.05) is 11.8 Å². The highest BCUT2D eigenvalue weighted by Gasteiger charge is 2.06. The van der Waals surface area contributed by atoms with Crippen LogP contribution in [0, 0.1) is 22.5 Å². The quantitative estimate of drug-likeness (QED) is 0.471. The maximum atomic E-state index is 13.2. The fraction of sp³-hybridized carbons (Fsp3) is 0.111. The second kappa shape index (κ2) is 5.45. The molecular formula is C9H10F2N4S. The first-order valence-electron chi connectivity index (χ1n) is 4.25. The number of thioether (sulfide) groups is 1. The van der Waals surface area contributed by atoms with Gasteiger partial charge < -0.3 is 11.1 Å². The van der Waals surface area contributed by atoms with E-state index >= 15 is 0 Å². The molecule has 0 saturated heterocycles. The Kier molecular flexibility index (Phi) is 4.24. The van der Waals surface area contributed by atoms with Crippen molar-refractivity contribution in [3.63, 3.8) is 0 Å². The van der Waals surface area contributed by atoms with Gasteiger partial charge in [-0.15, -0.1) is 0 Å². The van der Waals surface area contributed by atoms with E-state index in [9.17, 15) is 8.78 Å². The Bertz CT molecular complexity index is 422. The van der Waals surface area contributed by atoms with Crippen molar-refractivity contribution < 1.29 is 8.78 Å². The normalized spacial score (nSPS) is 9.88. The number of guanidine groups is 1. The van der Waals surface area contributed by atoms with Crippen molar-refractivity contribution in [2.45, 2.75) is 5.75 Å². The van der Waals surface area contributed by atoms with Gasteiger partial charge in [-0.2, -0.15) is 0 Å². The fourth-order valence-corrected chi connectivity index (χ4v) is 1.66. The van der Waals surface area contributed by atoms with E-state index in [1.165, 1.54) is 6.07 Å². The molecule has 0 aliphatic carbocycles. The molecule has 0 heterocycles. The lowest BCUT2D eigenvalue weighted by Gasteiger charge is -2.05. The molecule has 1 aromatic rings. The molecule has 0 aliphatic rings. The summed E-state index contributed by atoms with van der Waals surface area (Å²) >= 11 is 0.967. The Labute approximate surface area is 95.2 Å². The zero-order chi connectivity index (χ0) is 12.1. The van der Waals surface area contributed by atoms with Crippen LogP contribution in [0.15, 0.2) is 18.2 Å². The molecule has 86 valence electrons. The Morgan fingerprint density at radius 2 is 2.06 bits per heavy atom. The summed E-state index contributed by atoms with van der Waals surface area (Å²) in [5.74, 6) is -1.46. The molecule has 4 nitrogen and oxygen atoms in total. The number of hydrogen-bond acceptors (Lipinski definition) is 3. The first kappa shape index (κ1) is 12.4. The molecule has 0 bridgehead atoms. The predicted molar refractivity (Wildman–Crippen MR) is 60.4 cm³/mol. The highest BCUT2D eigenvalue weighted by atomic mass is 32.2. The monoisotopic (exact) mass is 244 g/mol. The van der Waals surface area contributed by atoms with Crippen molar-refractivity contribution in [3.8, 4) is 0 Å². The molecule has 0 unspecified atom stereocenters. The molecule has 0 amide bonds. The third-order valence-corrected chi connectivity index (χ3v) is 2.48. The Morgan fingerprint density at radius 1 is 1.38 bits per heavy atom. The van der Waals surface area contributed by atoms with Crippen LogP contribution in [0.2, 0.25) is 0 Å². The minimum Gasteiger partial charge on any atom is -0.370 e. The lowest BCUT2D eigenvalue weighted by atomic mass is 10.2. The van der Waals surface area contributed by atoms with Gasteiger partial charge in [-0.05, 0) is 11.6 Å². The van der Waals surface area contributed by atoms with Crippen LogP contribution in [0.1, 0.15) is 5.56 Å². The average Bonchev–Trinajstić information content (AvgIpc) is 2.15. The zero-order valence-electron chi connectivity index (χ0n) is 8.18. The van der Waals surface area contributed by atoms with Gasteiger partial charge >= 0.3 is 0 Å². The summed E-state index contributed by atoms with van der Waals surface area (Å²) in [6.07, 6.45) is 0. The number of amidine groups is 1. The van der Waals surface area contributed by atoms with E-state index in [2.05, 4.69) is 5.32 Å². The summed E-state index contributed by atoms with van der Waals surface area (Å²) in [6, 6.07) is 3.26. The van der Waals surface area contributed by atoms with Crippen LogP contribution in [-0.2, 0) is 5.75 Å². The molecule has 0 aromatic heterocycles. The van der Waals surface area contributed by atoms with Crippen LogP contribution in [0.25, 0.3) is 0 Å². The van der Waals surface area contributed by atoms with Crippen LogP contribution in [0.4, 0.5) is 8.78 Å². The van der Waals surface area contributed by atoms with Crippen molar-refractivity contribution in [2.24, 2.45) is 5.73 Å². The summed E-state index contributed by atoms with van der Waals surface area (Å²) < 4.78 is 25.7. The molecule has 0 radical (unpaired) electrons. The summed E-state index contributed by atoms with van der Waals surface area (Å²) in [7, 11) is 0. The van der Waals surface area contributed by atoms with E-state index in [1.54, 1.807) is 0 Å². The third kappa shape index (κ3) is 3.85. The van der Waals surface area contributed by atoms with E-state index in [4.69, 9.17) is 16.6 Å². The van der Waals surface area contributed by atoms with Gasteiger partial charge in [0.2, 0.25) is 0 Å². The van der Waals surface area contributed by atoms with E-state index in [1.807, 2.05) is 0 Å². The largest absolute Gasteiger partial charge is 0.370 e. The van der Waals surface area contributed by atoms with Gasteiger partial charge in [0.25, 0.3) is 0 Å². The van der Waals surface area contributed by atoms with Crippen molar-refractivity contribution in [2.75, 3.05) is 0 Å². The van der Waals surface area contributed by atoms with Gasteiger partial charge in [-0.25, -0.2) is 8.78 Å². The molecule has 0 fully saturated rings. The van der Waals surface area contributed by atoms with E-state index in [0.717, 1.165) is 23.9 Å². The summed E-state index contributed by atoms with van der Waals surface area (Å²) in [5, 5.41) is 16.4. The molecule has 0 atom stereocenters. The third-order valence-electron chi connectivity index (χ3n) is 1.64. The number of nitrogens with two attached hydrogens (primary N) is 1. The highest BCUT2D eigenvalue weighted by Crippen LogP contribution is 2.16. The number of halogens is 2. The van der Waals surface area contributed by atoms with Crippen LogP contribution in [0.5, 0.6) is 0 Å². The van der Waals surface area contributed by atoms with Crippen LogP contribution in [0.3, 0.4) is 0 Å².